The van der Waals surface area contributed by atoms with E-state index in [4.69, 9.17) is 16.2 Å². The monoisotopic (exact) mass is 321 g/mol. The second-order valence-corrected chi connectivity index (χ2v) is 5.84. The summed E-state index contributed by atoms with van der Waals surface area (Å²) >= 11 is 0. The van der Waals surface area contributed by atoms with E-state index in [0.717, 1.165) is 5.56 Å². The summed E-state index contributed by atoms with van der Waals surface area (Å²) in [5.74, 6) is -1.71. The Balaban J connectivity index is 2.44. The summed E-state index contributed by atoms with van der Waals surface area (Å²) in [7, 11) is 0. The maximum Gasteiger partial charge on any atom is 0.306 e. The van der Waals surface area contributed by atoms with Crippen molar-refractivity contribution in [2.24, 2.45) is 11.5 Å². The Morgan fingerprint density at radius 2 is 1.83 bits per heavy atom. The van der Waals surface area contributed by atoms with Crippen LogP contribution >= 0.6 is 0 Å². The standard InChI is InChI=1S/C16H23N3O4/c1-16(2,18)15(22)19-12(14(17)21)8-9-13(20)23-10-11-6-4-3-5-7-11/h3-7,12H,8-10,18H2,1-2H3,(H2,17,21)(H,19,22)/t12-/m0/s1. The first-order valence-corrected chi connectivity index (χ1v) is 7.29. The summed E-state index contributed by atoms with van der Waals surface area (Å²) in [5.41, 5.74) is 10.6. The third kappa shape index (κ3) is 6.92. The Morgan fingerprint density at radius 1 is 1.22 bits per heavy atom. The van der Waals surface area contributed by atoms with Crippen LogP contribution in [0.4, 0.5) is 0 Å². The number of hydrogen-bond acceptors (Lipinski definition) is 5. The molecule has 0 radical (unpaired) electrons. The molecule has 0 spiro atoms. The van der Waals surface area contributed by atoms with Crippen LogP contribution < -0.4 is 16.8 Å². The molecule has 0 aromatic heterocycles. The molecular formula is C16H23N3O4. The average molecular weight is 321 g/mol. The highest BCUT2D eigenvalue weighted by atomic mass is 16.5. The van der Waals surface area contributed by atoms with Gasteiger partial charge in [-0.3, -0.25) is 14.4 Å². The Hall–Kier alpha value is -2.41. The van der Waals surface area contributed by atoms with Gasteiger partial charge in [-0.25, -0.2) is 0 Å². The minimum atomic E-state index is -1.14. The molecule has 0 aliphatic rings. The van der Waals surface area contributed by atoms with E-state index in [1.54, 1.807) is 0 Å². The van der Waals surface area contributed by atoms with Crippen LogP contribution in [0.2, 0.25) is 0 Å². The van der Waals surface area contributed by atoms with Crippen molar-refractivity contribution in [1.82, 2.24) is 5.32 Å². The fraction of sp³-hybridized carbons (Fsp3) is 0.438. The zero-order valence-corrected chi connectivity index (χ0v) is 13.4. The third-order valence-corrected chi connectivity index (χ3v) is 3.11. The van der Waals surface area contributed by atoms with Crippen LogP contribution in [0.5, 0.6) is 0 Å². The number of esters is 1. The van der Waals surface area contributed by atoms with Crippen LogP contribution in [0.1, 0.15) is 32.3 Å². The number of hydrogen-bond donors (Lipinski definition) is 3. The van der Waals surface area contributed by atoms with Crippen molar-refractivity contribution in [3.8, 4) is 0 Å². The molecule has 0 saturated heterocycles. The number of nitrogens with two attached hydrogens (primary N) is 2. The first-order chi connectivity index (χ1) is 10.7. The Bertz CT molecular complexity index is 552. The molecule has 1 rings (SSSR count). The normalized spacial score (nSPS) is 12.3. The van der Waals surface area contributed by atoms with E-state index in [1.807, 2.05) is 30.3 Å². The van der Waals surface area contributed by atoms with Gasteiger partial charge in [0.2, 0.25) is 11.8 Å². The summed E-state index contributed by atoms with van der Waals surface area (Å²) in [6, 6.07) is 8.26. The Labute approximate surface area is 135 Å². The van der Waals surface area contributed by atoms with Crippen LogP contribution in [0.25, 0.3) is 0 Å². The van der Waals surface area contributed by atoms with E-state index in [9.17, 15) is 14.4 Å². The van der Waals surface area contributed by atoms with Gasteiger partial charge in [0.15, 0.2) is 0 Å². The number of carbonyl (C=O) groups is 3. The summed E-state index contributed by atoms with van der Waals surface area (Å²) in [5, 5.41) is 2.44. The molecule has 0 aliphatic heterocycles. The molecule has 0 aliphatic carbocycles. The van der Waals surface area contributed by atoms with Crippen molar-refractivity contribution in [1.29, 1.82) is 0 Å². The van der Waals surface area contributed by atoms with Gasteiger partial charge in [0.1, 0.15) is 12.6 Å². The molecule has 7 heteroatoms. The minimum Gasteiger partial charge on any atom is -0.461 e. The summed E-state index contributed by atoms with van der Waals surface area (Å²) in [6.07, 6.45) is 0.0243. The molecule has 126 valence electrons. The van der Waals surface area contributed by atoms with E-state index in [1.165, 1.54) is 13.8 Å². The van der Waals surface area contributed by atoms with Crippen molar-refractivity contribution in [3.63, 3.8) is 0 Å². The van der Waals surface area contributed by atoms with Crippen molar-refractivity contribution in [2.75, 3.05) is 0 Å². The highest BCUT2D eigenvalue weighted by Gasteiger charge is 2.27. The van der Waals surface area contributed by atoms with Crippen LogP contribution in [0, 0.1) is 0 Å². The molecule has 1 aromatic rings. The second kappa shape index (κ2) is 8.28. The Kier molecular flexibility index (Phi) is 6.71. The van der Waals surface area contributed by atoms with Gasteiger partial charge >= 0.3 is 5.97 Å². The fourth-order valence-corrected chi connectivity index (χ4v) is 1.70. The van der Waals surface area contributed by atoms with Crippen LogP contribution in [0.3, 0.4) is 0 Å². The lowest BCUT2D eigenvalue weighted by Crippen LogP contribution is -2.55. The minimum absolute atomic E-state index is 0.0360. The summed E-state index contributed by atoms with van der Waals surface area (Å²) < 4.78 is 5.10. The number of primary amides is 1. The quantitative estimate of drug-likeness (QED) is 0.591. The van der Waals surface area contributed by atoms with E-state index in [2.05, 4.69) is 5.32 Å². The number of rotatable bonds is 8. The molecule has 5 N–H and O–H groups in total. The zero-order valence-electron chi connectivity index (χ0n) is 13.4. The predicted octanol–water partition coefficient (Wildman–Crippen LogP) is 0.217. The van der Waals surface area contributed by atoms with E-state index in [0.29, 0.717) is 0 Å². The molecule has 0 heterocycles. The number of amides is 2. The van der Waals surface area contributed by atoms with Gasteiger partial charge in [0.25, 0.3) is 0 Å². The van der Waals surface area contributed by atoms with Crippen LogP contribution in [-0.4, -0.2) is 29.4 Å². The SMILES string of the molecule is CC(C)(N)C(=O)N[C@@H](CCC(=O)OCc1ccccc1)C(N)=O. The number of carbonyl (C=O) groups excluding carboxylic acids is 3. The first kappa shape index (κ1) is 18.6. The molecule has 0 unspecified atom stereocenters. The van der Waals surface area contributed by atoms with Crippen molar-refractivity contribution < 1.29 is 19.1 Å². The summed E-state index contributed by atoms with van der Waals surface area (Å²) in [6.45, 7) is 3.17. The third-order valence-electron chi connectivity index (χ3n) is 3.11. The highest BCUT2D eigenvalue weighted by molar-refractivity contribution is 5.91. The molecule has 0 saturated carbocycles. The van der Waals surface area contributed by atoms with Gasteiger partial charge in [-0.05, 0) is 25.8 Å². The molecule has 0 fully saturated rings. The van der Waals surface area contributed by atoms with Crippen molar-refractivity contribution in [3.05, 3.63) is 35.9 Å². The van der Waals surface area contributed by atoms with Gasteiger partial charge < -0.3 is 21.5 Å². The van der Waals surface area contributed by atoms with Gasteiger partial charge in [0.05, 0.1) is 5.54 Å². The number of nitrogens with one attached hydrogen (secondary N) is 1. The molecule has 0 bridgehead atoms. The van der Waals surface area contributed by atoms with Crippen LogP contribution in [-0.2, 0) is 25.7 Å². The fourth-order valence-electron chi connectivity index (χ4n) is 1.70. The predicted molar refractivity (Wildman–Crippen MR) is 84.9 cm³/mol. The lowest BCUT2D eigenvalue weighted by molar-refractivity contribution is -0.145. The smallest absolute Gasteiger partial charge is 0.306 e. The van der Waals surface area contributed by atoms with Gasteiger partial charge in [0, 0.05) is 6.42 Å². The molecule has 23 heavy (non-hydrogen) atoms. The van der Waals surface area contributed by atoms with Crippen molar-refractivity contribution >= 4 is 17.8 Å². The van der Waals surface area contributed by atoms with Gasteiger partial charge in [-0.15, -0.1) is 0 Å². The average Bonchev–Trinajstić information content (AvgIpc) is 2.48. The van der Waals surface area contributed by atoms with E-state index >= 15 is 0 Å². The maximum absolute atomic E-state index is 11.8. The van der Waals surface area contributed by atoms with E-state index < -0.39 is 29.4 Å². The van der Waals surface area contributed by atoms with Crippen LogP contribution in [0.15, 0.2) is 30.3 Å². The Morgan fingerprint density at radius 3 is 2.35 bits per heavy atom. The summed E-state index contributed by atoms with van der Waals surface area (Å²) in [4.78, 5) is 34.9. The number of ether oxygens (including phenoxy) is 1. The van der Waals surface area contributed by atoms with Gasteiger partial charge in [-0.2, -0.15) is 0 Å². The van der Waals surface area contributed by atoms with Gasteiger partial charge in [-0.1, -0.05) is 30.3 Å². The maximum atomic E-state index is 11.8. The lowest BCUT2D eigenvalue weighted by Gasteiger charge is -2.22. The zero-order chi connectivity index (χ0) is 17.5. The molecular weight excluding hydrogens is 298 g/mol. The highest BCUT2D eigenvalue weighted by Crippen LogP contribution is 2.06. The molecule has 7 nitrogen and oxygen atoms in total. The number of benzene rings is 1. The lowest BCUT2D eigenvalue weighted by atomic mass is 10.0. The molecule has 1 aromatic carbocycles. The second-order valence-electron chi connectivity index (χ2n) is 5.84. The largest absolute Gasteiger partial charge is 0.461 e. The first-order valence-electron chi connectivity index (χ1n) is 7.29. The van der Waals surface area contributed by atoms with Crippen molar-refractivity contribution in [2.45, 2.75) is 44.9 Å². The molecule has 2 amide bonds. The van der Waals surface area contributed by atoms with E-state index in [-0.39, 0.29) is 19.4 Å². The molecule has 1 atom stereocenters. The topological polar surface area (TPSA) is 125 Å².